The van der Waals surface area contributed by atoms with E-state index in [0.29, 0.717) is 0 Å². The number of halogens is 4. The summed E-state index contributed by atoms with van der Waals surface area (Å²) in [7, 11) is 0. The topological polar surface area (TPSA) is 0 Å². The van der Waals surface area contributed by atoms with Gasteiger partial charge in [-0.25, -0.2) is 0 Å². The molecule has 0 aromatic rings. The molecule has 0 atom stereocenters. The Morgan fingerprint density at radius 1 is 1.17 bits per heavy atom. The van der Waals surface area contributed by atoms with Crippen LogP contribution in [0, 0.1) is 0 Å². The molecule has 0 rings (SSSR count). The van der Waals surface area contributed by atoms with E-state index in [4.69, 9.17) is 0 Å². The molecule has 0 saturated carbocycles. The van der Waals surface area contributed by atoms with E-state index in [2.05, 4.69) is 0 Å². The van der Waals surface area contributed by atoms with Crippen LogP contribution in [0.3, 0.4) is 0 Å². The van der Waals surface area contributed by atoms with Gasteiger partial charge in [0.1, 0.15) is 0 Å². The molecule has 0 fully saturated rings. The molecule has 0 aromatic heterocycles. The summed E-state index contributed by atoms with van der Waals surface area (Å²) in [5.41, 5.74) is 0. The maximum atomic E-state index is 10.9. The van der Waals surface area contributed by atoms with E-state index in [0.717, 1.165) is 0 Å². The fraction of sp³-hybridized carbons (Fsp3) is 1.00. The number of hydrogen-bond acceptors (Lipinski definition) is 0. The Kier molecular flexibility index (Phi) is 5.94. The molecule has 0 aliphatic rings. The number of rotatable bonds is 0. The van der Waals surface area contributed by atoms with Gasteiger partial charge in [0.05, 0.1) is 0 Å². The van der Waals surface area contributed by atoms with Gasteiger partial charge in [0.2, 0.25) is 0 Å². The van der Waals surface area contributed by atoms with Gasteiger partial charge >= 0.3 is 22.6 Å². The summed E-state index contributed by atoms with van der Waals surface area (Å²) in [6.07, 6.45) is 0. The third kappa shape index (κ3) is 52.6. The van der Waals surface area contributed by atoms with Crippen molar-refractivity contribution < 1.29 is 8.78 Å². The van der Waals surface area contributed by atoms with E-state index in [1.54, 1.807) is 0 Å². The molecule has 0 nitrogen and oxygen atoms in total. The van der Waals surface area contributed by atoms with Crippen molar-refractivity contribution in [1.82, 2.24) is 0 Å². The molecule has 0 amide bonds. The van der Waals surface area contributed by atoms with Gasteiger partial charge in [0.15, 0.2) is 0 Å². The van der Waals surface area contributed by atoms with E-state index in [-0.39, 0.29) is 18.9 Å². The van der Waals surface area contributed by atoms with E-state index >= 15 is 0 Å². The van der Waals surface area contributed by atoms with Gasteiger partial charge in [-0.3, -0.25) is 0 Å². The summed E-state index contributed by atoms with van der Waals surface area (Å²) in [4.78, 5) is 0. The van der Waals surface area contributed by atoms with Crippen LogP contribution in [0.15, 0.2) is 0 Å². The standard InChI is InChI=1S/CBr2F2.Li.H/c2-1(3,4)5;;. The Labute approximate surface area is 63.1 Å². The van der Waals surface area contributed by atoms with E-state index in [9.17, 15) is 8.78 Å². The fourth-order valence-corrected chi connectivity index (χ4v) is 0. The third-order valence-electron chi connectivity index (χ3n) is 0. The first-order valence-corrected chi connectivity index (χ1v) is 2.34. The first-order valence-electron chi connectivity index (χ1n) is 0.756. The first-order chi connectivity index (χ1) is 2.00. The first kappa shape index (κ1) is 10.4. The summed E-state index contributed by atoms with van der Waals surface area (Å²) < 4.78 is 18.8. The fourth-order valence-electron chi connectivity index (χ4n) is 0. The van der Waals surface area contributed by atoms with Crippen LogP contribution in [0.1, 0.15) is 0 Å². The second-order valence-electron chi connectivity index (χ2n) is 0.429. The normalized spacial score (nSPS) is 10.0. The van der Waals surface area contributed by atoms with Gasteiger partial charge in [0, 0.05) is 31.9 Å². The Morgan fingerprint density at radius 3 is 1.17 bits per heavy atom. The molecular weight excluding hydrogens is 217 g/mol. The number of alkyl halides is 4. The number of hydrogen-bond donors (Lipinski definition) is 0. The Bertz CT molecular complexity index is 27.0. The molecule has 34 valence electrons. The van der Waals surface area contributed by atoms with Crippen molar-refractivity contribution in [1.29, 1.82) is 0 Å². The molecule has 0 bridgehead atoms. The van der Waals surface area contributed by atoms with Crippen LogP contribution in [0.25, 0.3) is 0 Å². The van der Waals surface area contributed by atoms with Crippen molar-refractivity contribution in [2.24, 2.45) is 0 Å². The zero-order chi connectivity index (χ0) is 4.50. The Hall–Kier alpha value is 1.42. The van der Waals surface area contributed by atoms with Gasteiger partial charge in [-0.1, -0.05) is 0 Å². The molecule has 0 N–H and O–H groups in total. The SMILES string of the molecule is FC(F)(Br)Br.[LiH]. The van der Waals surface area contributed by atoms with Crippen LogP contribution in [0.2, 0.25) is 0 Å². The van der Waals surface area contributed by atoms with Gasteiger partial charge in [-0.05, 0) is 0 Å². The maximum absolute atomic E-state index is 10.9. The Balaban J connectivity index is 0. The van der Waals surface area contributed by atoms with Gasteiger partial charge in [0.25, 0.3) is 0 Å². The average Bonchev–Trinajstić information content (AvgIpc) is 0.722. The molecule has 5 heteroatoms. The zero-order valence-corrected chi connectivity index (χ0v) is 5.18. The molecule has 0 aliphatic carbocycles. The summed E-state index contributed by atoms with van der Waals surface area (Å²) in [5, 5.41) is 0. The molecule has 0 aliphatic heterocycles. The molecular formula is CHBr2F2Li. The van der Waals surface area contributed by atoms with Crippen LogP contribution in [0.5, 0.6) is 0 Å². The quantitative estimate of drug-likeness (QED) is 0.428. The van der Waals surface area contributed by atoms with Crippen molar-refractivity contribution in [3.8, 4) is 0 Å². The Morgan fingerprint density at radius 2 is 1.17 bits per heavy atom. The second-order valence-corrected chi connectivity index (χ2v) is 3.48. The van der Waals surface area contributed by atoms with Crippen LogP contribution in [0.4, 0.5) is 8.78 Å². The molecule has 6 heavy (non-hydrogen) atoms. The van der Waals surface area contributed by atoms with Crippen LogP contribution >= 0.6 is 31.9 Å². The van der Waals surface area contributed by atoms with Crippen LogP contribution in [-0.2, 0) is 0 Å². The van der Waals surface area contributed by atoms with E-state index in [1.165, 1.54) is 0 Å². The van der Waals surface area contributed by atoms with Crippen molar-refractivity contribution in [2.75, 3.05) is 0 Å². The van der Waals surface area contributed by atoms with Gasteiger partial charge in [-0.15, -0.1) is 0 Å². The minimum atomic E-state index is -2.88. The predicted octanol–water partition coefficient (Wildman–Crippen LogP) is 1.68. The summed E-state index contributed by atoms with van der Waals surface area (Å²) in [5.74, 6) is 0. The van der Waals surface area contributed by atoms with Crippen LogP contribution in [-0.4, -0.2) is 22.6 Å². The summed E-state index contributed by atoms with van der Waals surface area (Å²) in [6, 6.07) is 0. The zero-order valence-electron chi connectivity index (χ0n) is 2.01. The van der Waals surface area contributed by atoms with Crippen molar-refractivity contribution in [3.63, 3.8) is 0 Å². The van der Waals surface area contributed by atoms with E-state index in [1.807, 2.05) is 31.9 Å². The predicted molar refractivity (Wildman–Crippen MR) is 29.9 cm³/mol. The van der Waals surface area contributed by atoms with Crippen molar-refractivity contribution >= 4 is 50.7 Å². The molecule has 0 heterocycles. The average molecular weight is 218 g/mol. The van der Waals surface area contributed by atoms with Crippen molar-refractivity contribution in [2.45, 2.75) is 3.74 Å². The van der Waals surface area contributed by atoms with Gasteiger partial charge in [-0.2, -0.15) is 8.78 Å². The third-order valence-corrected chi connectivity index (χ3v) is 0. The summed E-state index contributed by atoms with van der Waals surface area (Å²) >= 11 is 3.92. The van der Waals surface area contributed by atoms with E-state index < -0.39 is 3.74 Å². The van der Waals surface area contributed by atoms with Gasteiger partial charge < -0.3 is 0 Å². The summed E-state index contributed by atoms with van der Waals surface area (Å²) in [6.45, 7) is 0. The molecule has 0 unspecified atom stereocenters. The van der Waals surface area contributed by atoms with Crippen molar-refractivity contribution in [3.05, 3.63) is 0 Å². The molecule has 0 radical (unpaired) electrons. The van der Waals surface area contributed by atoms with Crippen LogP contribution < -0.4 is 0 Å². The monoisotopic (exact) mass is 216 g/mol. The minimum absolute atomic E-state index is 0. The molecule has 0 aromatic carbocycles. The second kappa shape index (κ2) is 3.42. The molecule has 0 saturated heterocycles. The molecule has 0 spiro atoms.